The Morgan fingerprint density at radius 1 is 1.33 bits per heavy atom. The molecule has 1 fully saturated rings. The summed E-state index contributed by atoms with van der Waals surface area (Å²) in [7, 11) is 0. The van der Waals surface area contributed by atoms with Crippen molar-refractivity contribution in [2.75, 3.05) is 19.6 Å². The van der Waals surface area contributed by atoms with Gasteiger partial charge in [0.15, 0.2) is 0 Å². The highest BCUT2D eigenvalue weighted by atomic mass is 16.2. The fourth-order valence-electron chi connectivity index (χ4n) is 2.48. The largest absolute Gasteiger partial charge is 0.343 e. The molecule has 1 saturated heterocycles. The molecule has 3 amide bonds. The maximum atomic E-state index is 11.7. The van der Waals surface area contributed by atoms with E-state index >= 15 is 0 Å². The molecular weight excluding hydrogens is 266 g/mol. The Labute approximate surface area is 125 Å². The van der Waals surface area contributed by atoms with E-state index in [-0.39, 0.29) is 11.9 Å². The zero-order valence-corrected chi connectivity index (χ0v) is 12.5. The third-order valence-electron chi connectivity index (χ3n) is 3.60. The molecule has 0 bridgehead atoms. The first-order valence-corrected chi connectivity index (χ1v) is 7.50. The maximum Gasteiger partial charge on any atom is 0.315 e. The van der Waals surface area contributed by atoms with Crippen molar-refractivity contribution in [2.24, 2.45) is 0 Å². The molecule has 1 aromatic carbocycles. The Kier molecular flexibility index (Phi) is 5.60. The van der Waals surface area contributed by atoms with Gasteiger partial charge in [-0.15, -0.1) is 0 Å². The van der Waals surface area contributed by atoms with E-state index in [2.05, 4.69) is 16.7 Å². The lowest BCUT2D eigenvalue weighted by atomic mass is 10.1. The van der Waals surface area contributed by atoms with Crippen LogP contribution in [0.25, 0.3) is 0 Å². The third-order valence-corrected chi connectivity index (χ3v) is 3.60. The number of hydrogen-bond acceptors (Lipinski definition) is 2. The van der Waals surface area contributed by atoms with Gasteiger partial charge in [-0.2, -0.15) is 0 Å². The van der Waals surface area contributed by atoms with Crippen molar-refractivity contribution in [3.63, 3.8) is 0 Å². The number of benzene rings is 1. The van der Waals surface area contributed by atoms with Gasteiger partial charge in [0.1, 0.15) is 0 Å². The van der Waals surface area contributed by atoms with Crippen LogP contribution in [0.2, 0.25) is 0 Å². The van der Waals surface area contributed by atoms with Gasteiger partial charge in [-0.05, 0) is 25.3 Å². The smallest absolute Gasteiger partial charge is 0.315 e. The summed E-state index contributed by atoms with van der Waals surface area (Å²) in [6, 6.07) is 7.90. The molecule has 0 saturated carbocycles. The second kappa shape index (κ2) is 7.67. The van der Waals surface area contributed by atoms with Crippen LogP contribution < -0.4 is 10.6 Å². The van der Waals surface area contributed by atoms with Crippen LogP contribution in [0, 0.1) is 6.92 Å². The van der Waals surface area contributed by atoms with Crippen molar-refractivity contribution in [2.45, 2.75) is 32.7 Å². The molecule has 1 aliphatic heterocycles. The number of hydrogen-bond donors (Lipinski definition) is 2. The molecule has 114 valence electrons. The van der Waals surface area contributed by atoms with Gasteiger partial charge in [0.05, 0.1) is 0 Å². The minimum Gasteiger partial charge on any atom is -0.343 e. The Morgan fingerprint density at radius 2 is 2.19 bits per heavy atom. The Morgan fingerprint density at radius 3 is 2.90 bits per heavy atom. The molecule has 1 aromatic rings. The standard InChI is InChI=1S/C16H23N3O2/c1-13-5-2-6-14(11-13)12-18-16(21)17-8-4-10-19-9-3-7-15(19)20/h2,5-6,11H,3-4,7-10,12H2,1H3,(H2,17,18,21). The normalized spacial score (nSPS) is 14.3. The van der Waals surface area contributed by atoms with Gasteiger partial charge >= 0.3 is 6.03 Å². The lowest BCUT2D eigenvalue weighted by molar-refractivity contribution is -0.127. The van der Waals surface area contributed by atoms with Crippen LogP contribution in [-0.2, 0) is 11.3 Å². The van der Waals surface area contributed by atoms with E-state index in [0.29, 0.717) is 19.5 Å². The van der Waals surface area contributed by atoms with E-state index < -0.39 is 0 Å². The van der Waals surface area contributed by atoms with E-state index in [4.69, 9.17) is 0 Å². The second-order valence-corrected chi connectivity index (χ2v) is 5.44. The van der Waals surface area contributed by atoms with Crippen LogP contribution in [-0.4, -0.2) is 36.5 Å². The van der Waals surface area contributed by atoms with Gasteiger partial charge in [-0.1, -0.05) is 29.8 Å². The molecule has 0 atom stereocenters. The Hall–Kier alpha value is -2.04. The summed E-state index contributed by atoms with van der Waals surface area (Å²) in [5.41, 5.74) is 2.28. The zero-order chi connectivity index (χ0) is 15.1. The van der Waals surface area contributed by atoms with Gasteiger partial charge < -0.3 is 15.5 Å². The van der Waals surface area contributed by atoms with Crippen LogP contribution in [0.4, 0.5) is 4.79 Å². The first kappa shape index (κ1) is 15.4. The molecule has 2 rings (SSSR count). The molecule has 0 radical (unpaired) electrons. The summed E-state index contributed by atoms with van der Waals surface area (Å²) in [5, 5.41) is 5.65. The summed E-state index contributed by atoms with van der Waals surface area (Å²) in [4.78, 5) is 24.9. The van der Waals surface area contributed by atoms with Crippen molar-refractivity contribution in [3.8, 4) is 0 Å². The van der Waals surface area contributed by atoms with E-state index in [1.165, 1.54) is 5.56 Å². The average Bonchev–Trinajstić information content (AvgIpc) is 2.87. The monoisotopic (exact) mass is 289 g/mol. The van der Waals surface area contributed by atoms with Gasteiger partial charge in [-0.25, -0.2) is 4.79 Å². The van der Waals surface area contributed by atoms with Gasteiger partial charge in [-0.3, -0.25) is 4.79 Å². The number of aryl methyl sites for hydroxylation is 1. The van der Waals surface area contributed by atoms with Crippen LogP contribution in [0.1, 0.15) is 30.4 Å². The highest BCUT2D eigenvalue weighted by Crippen LogP contribution is 2.09. The minimum absolute atomic E-state index is 0.163. The van der Waals surface area contributed by atoms with Crippen molar-refractivity contribution in [3.05, 3.63) is 35.4 Å². The molecule has 1 aliphatic rings. The first-order valence-electron chi connectivity index (χ1n) is 7.50. The highest BCUT2D eigenvalue weighted by Gasteiger charge is 2.18. The van der Waals surface area contributed by atoms with Crippen molar-refractivity contribution >= 4 is 11.9 Å². The SMILES string of the molecule is Cc1cccc(CNC(=O)NCCCN2CCCC2=O)c1. The van der Waals surface area contributed by atoms with E-state index in [9.17, 15) is 9.59 Å². The van der Waals surface area contributed by atoms with Crippen LogP contribution in [0.15, 0.2) is 24.3 Å². The van der Waals surface area contributed by atoms with Crippen molar-refractivity contribution in [1.29, 1.82) is 0 Å². The fourth-order valence-corrected chi connectivity index (χ4v) is 2.48. The number of carbonyl (C=O) groups excluding carboxylic acids is 2. The highest BCUT2D eigenvalue weighted by molar-refractivity contribution is 5.78. The molecule has 2 N–H and O–H groups in total. The molecule has 5 heteroatoms. The molecule has 0 aliphatic carbocycles. The summed E-state index contributed by atoms with van der Waals surface area (Å²) in [5.74, 6) is 0.235. The molecule has 21 heavy (non-hydrogen) atoms. The number of carbonyl (C=O) groups is 2. The summed E-state index contributed by atoms with van der Waals surface area (Å²) >= 11 is 0. The quantitative estimate of drug-likeness (QED) is 0.785. The van der Waals surface area contributed by atoms with Crippen LogP contribution in [0.3, 0.4) is 0 Å². The van der Waals surface area contributed by atoms with E-state index in [1.54, 1.807) is 0 Å². The summed E-state index contributed by atoms with van der Waals surface area (Å²) < 4.78 is 0. The summed E-state index contributed by atoms with van der Waals surface area (Å²) in [6.45, 7) is 4.74. The van der Waals surface area contributed by atoms with E-state index in [0.717, 1.165) is 31.5 Å². The van der Waals surface area contributed by atoms with Gasteiger partial charge in [0, 0.05) is 32.6 Å². The molecule has 5 nitrogen and oxygen atoms in total. The number of rotatable bonds is 6. The predicted octanol–water partition coefficient (Wildman–Crippen LogP) is 1.81. The predicted molar refractivity (Wildman–Crippen MR) is 81.8 cm³/mol. The fraction of sp³-hybridized carbons (Fsp3) is 0.500. The van der Waals surface area contributed by atoms with Crippen molar-refractivity contribution < 1.29 is 9.59 Å². The molecule has 0 aromatic heterocycles. The summed E-state index contributed by atoms with van der Waals surface area (Å²) in [6.07, 6.45) is 2.43. The Bertz CT molecular complexity index is 502. The topological polar surface area (TPSA) is 61.4 Å². The lowest BCUT2D eigenvalue weighted by Crippen LogP contribution is -2.37. The average molecular weight is 289 g/mol. The molecular formula is C16H23N3O2. The number of amides is 3. The number of nitrogens with one attached hydrogen (secondary N) is 2. The third kappa shape index (κ3) is 5.10. The number of nitrogens with zero attached hydrogens (tertiary/aromatic N) is 1. The van der Waals surface area contributed by atoms with Crippen LogP contribution >= 0.6 is 0 Å². The van der Waals surface area contributed by atoms with Crippen LogP contribution in [0.5, 0.6) is 0 Å². The van der Waals surface area contributed by atoms with Crippen molar-refractivity contribution in [1.82, 2.24) is 15.5 Å². The molecule has 0 unspecified atom stereocenters. The van der Waals surface area contributed by atoms with E-state index in [1.807, 2.05) is 30.0 Å². The Balaban J connectivity index is 1.58. The number of urea groups is 1. The minimum atomic E-state index is -0.163. The van der Waals surface area contributed by atoms with Gasteiger partial charge in [0.25, 0.3) is 0 Å². The maximum absolute atomic E-state index is 11.7. The number of likely N-dealkylation sites (tertiary alicyclic amines) is 1. The van der Waals surface area contributed by atoms with Gasteiger partial charge in [0.2, 0.25) is 5.91 Å². The molecule has 0 spiro atoms. The second-order valence-electron chi connectivity index (χ2n) is 5.44. The zero-order valence-electron chi connectivity index (χ0n) is 12.5. The lowest BCUT2D eigenvalue weighted by Gasteiger charge is -2.15. The molecule has 1 heterocycles. The first-order chi connectivity index (χ1) is 10.1.